The third-order valence-electron chi connectivity index (χ3n) is 4.06. The molecule has 0 aliphatic carbocycles. The molecule has 0 aromatic heterocycles. The number of nitrogens with one attached hydrogen (secondary N) is 1. The molecule has 6 heteroatoms. The molecular weight excluding hydrogens is 360 g/mol. The van der Waals surface area contributed by atoms with Crippen LogP contribution in [0.4, 0.5) is 5.69 Å². The summed E-state index contributed by atoms with van der Waals surface area (Å²) >= 11 is 0. The molecule has 1 N–H and O–H groups in total. The highest BCUT2D eigenvalue weighted by Crippen LogP contribution is 2.27. The van der Waals surface area contributed by atoms with E-state index in [0.29, 0.717) is 5.69 Å². The number of rotatable bonds is 6. The summed E-state index contributed by atoms with van der Waals surface area (Å²) in [4.78, 5) is 12.7. The molecule has 0 saturated carbocycles. The molecule has 1 amide bonds. The highest BCUT2D eigenvalue weighted by atomic mass is 32.2. The molecule has 0 radical (unpaired) electrons. The van der Waals surface area contributed by atoms with Gasteiger partial charge in [-0.15, -0.1) is 6.42 Å². The van der Waals surface area contributed by atoms with Crippen molar-refractivity contribution in [2.45, 2.75) is 38.1 Å². The first-order chi connectivity index (χ1) is 12.6. The highest BCUT2D eigenvalue weighted by Gasteiger charge is 2.29. The molecule has 2 rings (SSSR count). The van der Waals surface area contributed by atoms with Gasteiger partial charge >= 0.3 is 0 Å². The molecule has 0 spiro atoms. The monoisotopic (exact) mass is 384 g/mol. The molecule has 0 aliphatic rings. The van der Waals surface area contributed by atoms with Crippen LogP contribution < -0.4 is 9.62 Å². The standard InChI is InChI=1S/C21H24N2O3S/c1-6-21(4,5)22-20(24)15-23(19-14-16(2)12-13-17(19)3)27(25,26)18-10-8-7-9-11-18/h1,7-14H,15H2,2-5H3,(H,22,24). The van der Waals surface area contributed by atoms with Crippen molar-refractivity contribution in [2.24, 2.45) is 0 Å². The lowest BCUT2D eigenvalue weighted by Gasteiger charge is -2.28. The van der Waals surface area contributed by atoms with Gasteiger partial charge in [0.1, 0.15) is 6.54 Å². The van der Waals surface area contributed by atoms with Crippen molar-refractivity contribution in [2.75, 3.05) is 10.8 Å². The van der Waals surface area contributed by atoms with Crippen LogP contribution in [0.1, 0.15) is 25.0 Å². The van der Waals surface area contributed by atoms with Gasteiger partial charge in [0.05, 0.1) is 16.1 Å². The van der Waals surface area contributed by atoms with Gasteiger partial charge in [0.25, 0.3) is 10.0 Å². The van der Waals surface area contributed by atoms with Crippen molar-refractivity contribution < 1.29 is 13.2 Å². The van der Waals surface area contributed by atoms with Crippen LogP contribution in [-0.2, 0) is 14.8 Å². The predicted octanol–water partition coefficient (Wildman–Crippen LogP) is 3.03. The molecule has 0 heterocycles. The smallest absolute Gasteiger partial charge is 0.264 e. The number of amides is 1. The summed E-state index contributed by atoms with van der Waals surface area (Å²) in [5.41, 5.74) is 1.24. The SMILES string of the molecule is C#CC(C)(C)NC(=O)CN(c1cc(C)ccc1C)S(=O)(=O)c1ccccc1. The van der Waals surface area contributed by atoms with Crippen LogP contribution in [0.2, 0.25) is 0 Å². The Morgan fingerprint density at radius 3 is 2.37 bits per heavy atom. The number of carbonyl (C=O) groups is 1. The Morgan fingerprint density at radius 1 is 1.15 bits per heavy atom. The largest absolute Gasteiger partial charge is 0.339 e. The minimum absolute atomic E-state index is 0.120. The van der Waals surface area contributed by atoms with Crippen molar-refractivity contribution in [1.82, 2.24) is 5.32 Å². The van der Waals surface area contributed by atoms with E-state index in [1.807, 2.05) is 26.0 Å². The fraction of sp³-hybridized carbons (Fsp3) is 0.286. The van der Waals surface area contributed by atoms with E-state index in [2.05, 4.69) is 11.2 Å². The molecule has 0 aliphatic heterocycles. The van der Waals surface area contributed by atoms with E-state index >= 15 is 0 Å². The van der Waals surface area contributed by atoms with E-state index in [1.54, 1.807) is 38.1 Å². The van der Waals surface area contributed by atoms with Crippen molar-refractivity contribution in [3.63, 3.8) is 0 Å². The normalized spacial score (nSPS) is 11.5. The fourth-order valence-electron chi connectivity index (χ4n) is 2.56. The molecule has 142 valence electrons. The van der Waals surface area contributed by atoms with Gasteiger partial charge in [0, 0.05) is 0 Å². The number of hydrogen-bond acceptors (Lipinski definition) is 3. The maximum atomic E-state index is 13.3. The first-order valence-electron chi connectivity index (χ1n) is 8.50. The minimum atomic E-state index is -3.93. The molecule has 0 atom stereocenters. The third-order valence-corrected chi connectivity index (χ3v) is 5.84. The average molecular weight is 385 g/mol. The quantitative estimate of drug-likeness (QED) is 0.779. The van der Waals surface area contributed by atoms with Gasteiger partial charge in [0.2, 0.25) is 5.91 Å². The topological polar surface area (TPSA) is 66.5 Å². The molecule has 0 bridgehead atoms. The Labute approximate surface area is 161 Å². The molecule has 0 unspecified atom stereocenters. The molecule has 2 aromatic carbocycles. The van der Waals surface area contributed by atoms with Gasteiger partial charge in [-0.3, -0.25) is 9.10 Å². The number of benzene rings is 2. The number of aryl methyl sites for hydroxylation is 2. The summed E-state index contributed by atoms with van der Waals surface area (Å²) in [7, 11) is -3.93. The molecule has 0 fully saturated rings. The van der Waals surface area contributed by atoms with E-state index in [1.165, 1.54) is 12.1 Å². The second-order valence-electron chi connectivity index (χ2n) is 6.93. The average Bonchev–Trinajstić information content (AvgIpc) is 2.62. The molecule has 27 heavy (non-hydrogen) atoms. The van der Waals surface area contributed by atoms with E-state index in [4.69, 9.17) is 6.42 Å². The van der Waals surface area contributed by atoms with Crippen LogP contribution in [0, 0.1) is 26.2 Å². The van der Waals surface area contributed by atoms with E-state index < -0.39 is 21.5 Å². The first-order valence-corrected chi connectivity index (χ1v) is 9.94. The van der Waals surface area contributed by atoms with E-state index in [9.17, 15) is 13.2 Å². The molecule has 0 saturated heterocycles. The van der Waals surface area contributed by atoms with Crippen molar-refractivity contribution >= 4 is 21.6 Å². The summed E-state index contributed by atoms with van der Waals surface area (Å²) in [5.74, 6) is 2.00. The van der Waals surface area contributed by atoms with Crippen molar-refractivity contribution in [3.8, 4) is 12.3 Å². The number of carbonyl (C=O) groups excluding carboxylic acids is 1. The second-order valence-corrected chi connectivity index (χ2v) is 8.79. The van der Waals surface area contributed by atoms with Crippen molar-refractivity contribution in [3.05, 3.63) is 59.7 Å². The van der Waals surface area contributed by atoms with Crippen LogP contribution in [0.15, 0.2) is 53.4 Å². The van der Waals surface area contributed by atoms with E-state index in [0.717, 1.165) is 15.4 Å². The number of terminal acetylenes is 1. The van der Waals surface area contributed by atoms with Crippen LogP contribution in [-0.4, -0.2) is 26.4 Å². The maximum Gasteiger partial charge on any atom is 0.264 e. The Balaban J connectivity index is 2.52. The van der Waals surface area contributed by atoms with Crippen LogP contribution in [0.25, 0.3) is 0 Å². The Morgan fingerprint density at radius 2 is 1.78 bits per heavy atom. The molecular formula is C21H24N2O3S. The minimum Gasteiger partial charge on any atom is -0.339 e. The van der Waals surface area contributed by atoms with Gasteiger partial charge in [-0.1, -0.05) is 36.3 Å². The fourth-order valence-corrected chi connectivity index (χ4v) is 4.06. The Kier molecular flexibility index (Phi) is 5.97. The van der Waals surface area contributed by atoms with Crippen LogP contribution in [0.3, 0.4) is 0 Å². The predicted molar refractivity (Wildman–Crippen MR) is 108 cm³/mol. The zero-order chi connectivity index (χ0) is 20.2. The number of anilines is 1. The van der Waals surface area contributed by atoms with Gasteiger partial charge in [-0.05, 0) is 57.0 Å². The van der Waals surface area contributed by atoms with E-state index in [-0.39, 0.29) is 11.4 Å². The summed E-state index contributed by atoms with van der Waals surface area (Å²) in [6.07, 6.45) is 5.42. The number of sulfonamides is 1. The van der Waals surface area contributed by atoms with Gasteiger partial charge < -0.3 is 5.32 Å². The molecule has 2 aromatic rings. The summed E-state index contributed by atoms with van der Waals surface area (Å²) in [6, 6.07) is 13.5. The van der Waals surface area contributed by atoms with Gasteiger partial charge in [0.15, 0.2) is 0 Å². The highest BCUT2D eigenvalue weighted by molar-refractivity contribution is 7.92. The number of nitrogens with zero attached hydrogens (tertiary/aromatic N) is 1. The summed E-state index contributed by atoms with van der Waals surface area (Å²) < 4.78 is 27.7. The zero-order valence-corrected chi connectivity index (χ0v) is 16.8. The van der Waals surface area contributed by atoms with Gasteiger partial charge in [-0.2, -0.15) is 0 Å². The van der Waals surface area contributed by atoms with Crippen LogP contribution in [0.5, 0.6) is 0 Å². The van der Waals surface area contributed by atoms with Crippen molar-refractivity contribution in [1.29, 1.82) is 0 Å². The summed E-state index contributed by atoms with van der Waals surface area (Å²) in [5, 5.41) is 2.68. The lowest BCUT2D eigenvalue weighted by Crippen LogP contribution is -2.48. The lowest BCUT2D eigenvalue weighted by molar-refractivity contribution is -0.120. The molecule has 5 nitrogen and oxygen atoms in total. The summed E-state index contributed by atoms with van der Waals surface area (Å²) in [6.45, 7) is 6.67. The first kappa shape index (κ1) is 20.5. The second kappa shape index (κ2) is 7.85. The third kappa shape index (κ3) is 4.89. The zero-order valence-electron chi connectivity index (χ0n) is 16.0. The lowest BCUT2D eigenvalue weighted by atomic mass is 10.1. The van der Waals surface area contributed by atoms with Crippen LogP contribution >= 0.6 is 0 Å². The van der Waals surface area contributed by atoms with Gasteiger partial charge in [-0.25, -0.2) is 8.42 Å². The Hall–Kier alpha value is -2.78. The number of hydrogen-bond donors (Lipinski definition) is 1. The maximum absolute atomic E-state index is 13.3. The Bertz CT molecular complexity index is 974.